The van der Waals surface area contributed by atoms with Gasteiger partial charge in [0.15, 0.2) is 11.5 Å². The number of rotatable bonds is 5. The molecule has 5 heterocycles. The van der Waals surface area contributed by atoms with Crippen LogP contribution in [0.3, 0.4) is 0 Å². The van der Waals surface area contributed by atoms with Crippen molar-refractivity contribution in [2.24, 2.45) is 13.0 Å². The number of nitrogens with zero attached hydrogens (tertiary/aromatic N) is 9. The van der Waals surface area contributed by atoms with Crippen LogP contribution in [0.25, 0.3) is 16.8 Å². The van der Waals surface area contributed by atoms with Crippen LogP contribution in [0, 0.1) is 5.92 Å². The molecule has 184 valence electrons. The zero-order chi connectivity index (χ0) is 24.7. The average molecular weight is 477 g/mol. The van der Waals surface area contributed by atoms with Gasteiger partial charge in [-0.05, 0) is 52.5 Å². The number of piperidine rings is 1. The Labute approximate surface area is 204 Å². The van der Waals surface area contributed by atoms with Crippen LogP contribution in [-0.2, 0) is 12.6 Å². The van der Waals surface area contributed by atoms with Crippen LogP contribution < -0.4 is 10.2 Å². The number of aromatic nitrogens is 8. The molecule has 0 unspecified atom stereocenters. The highest BCUT2D eigenvalue weighted by Gasteiger charge is 2.29. The second-order valence-corrected chi connectivity index (χ2v) is 10.4. The molecule has 0 saturated carbocycles. The molecule has 2 atom stereocenters. The molecule has 11 heteroatoms. The molecular formula is C24H32N10O. The first-order valence-corrected chi connectivity index (χ1v) is 12.0. The van der Waals surface area contributed by atoms with Crippen molar-refractivity contribution in [3.63, 3.8) is 0 Å². The third kappa shape index (κ3) is 4.62. The fraction of sp³-hybridized carbons (Fsp3) is 0.500. The monoisotopic (exact) mass is 476 g/mol. The Hall–Kier alpha value is -3.76. The summed E-state index contributed by atoms with van der Waals surface area (Å²) >= 11 is 0. The number of amides is 1. The summed E-state index contributed by atoms with van der Waals surface area (Å²) in [7, 11) is 1.90. The van der Waals surface area contributed by atoms with Gasteiger partial charge in [0.25, 0.3) is 5.91 Å². The standard InChI is InChI=1S/C24H32N10O/c1-16-10-17(11-25-23(35)20-15-34(30-29-20)24(2,3)4)7-9-32(16)22-21-6-8-26-33(21)14-19(28-22)18-12-27-31(5)13-18/h6,8,12-17H,7,9-11H2,1-5H3,(H,25,35)/t16-,17+/m1/s1. The van der Waals surface area contributed by atoms with Crippen molar-refractivity contribution >= 4 is 17.2 Å². The summed E-state index contributed by atoms with van der Waals surface area (Å²) in [5.41, 5.74) is 2.92. The first-order chi connectivity index (χ1) is 16.7. The van der Waals surface area contributed by atoms with Gasteiger partial charge in [0.2, 0.25) is 0 Å². The van der Waals surface area contributed by atoms with E-state index in [1.165, 1.54) is 0 Å². The smallest absolute Gasteiger partial charge is 0.273 e. The summed E-state index contributed by atoms with van der Waals surface area (Å²) in [4.78, 5) is 20.0. The van der Waals surface area contributed by atoms with E-state index in [4.69, 9.17) is 4.98 Å². The molecule has 0 aromatic carbocycles. The van der Waals surface area contributed by atoms with Gasteiger partial charge in [0.1, 0.15) is 5.52 Å². The molecule has 0 spiro atoms. The minimum absolute atomic E-state index is 0.178. The minimum atomic E-state index is -0.211. The van der Waals surface area contributed by atoms with E-state index in [-0.39, 0.29) is 17.5 Å². The Morgan fingerprint density at radius 3 is 2.71 bits per heavy atom. The summed E-state index contributed by atoms with van der Waals surface area (Å²) in [6.45, 7) is 9.76. The molecule has 1 fully saturated rings. The maximum Gasteiger partial charge on any atom is 0.273 e. The van der Waals surface area contributed by atoms with Crippen molar-refractivity contribution in [1.82, 2.24) is 44.7 Å². The van der Waals surface area contributed by atoms with Crippen molar-refractivity contribution in [2.75, 3.05) is 18.0 Å². The molecule has 5 rings (SSSR count). The highest BCUT2D eigenvalue weighted by atomic mass is 16.2. The summed E-state index contributed by atoms with van der Waals surface area (Å²) in [5.74, 6) is 1.13. The lowest BCUT2D eigenvalue weighted by Crippen LogP contribution is -2.44. The average Bonchev–Trinajstić information content (AvgIpc) is 3.56. The second-order valence-electron chi connectivity index (χ2n) is 10.4. The molecule has 1 saturated heterocycles. The van der Waals surface area contributed by atoms with E-state index in [2.05, 4.69) is 37.6 Å². The van der Waals surface area contributed by atoms with E-state index in [0.717, 1.165) is 42.0 Å². The van der Waals surface area contributed by atoms with Gasteiger partial charge in [-0.3, -0.25) is 9.48 Å². The molecule has 35 heavy (non-hydrogen) atoms. The van der Waals surface area contributed by atoms with Gasteiger partial charge in [-0.15, -0.1) is 5.10 Å². The summed E-state index contributed by atoms with van der Waals surface area (Å²) in [6, 6.07) is 2.27. The molecule has 4 aromatic rings. The summed E-state index contributed by atoms with van der Waals surface area (Å²) in [5, 5.41) is 19.9. The quantitative estimate of drug-likeness (QED) is 0.471. The molecule has 1 amide bonds. The first kappa shape index (κ1) is 23.0. The summed E-state index contributed by atoms with van der Waals surface area (Å²) < 4.78 is 5.37. The van der Waals surface area contributed by atoms with Gasteiger partial charge in [-0.2, -0.15) is 10.2 Å². The van der Waals surface area contributed by atoms with E-state index in [9.17, 15) is 4.79 Å². The molecule has 1 aliphatic rings. The van der Waals surface area contributed by atoms with E-state index in [0.29, 0.717) is 18.2 Å². The molecule has 1 aliphatic heterocycles. The number of nitrogens with one attached hydrogen (secondary N) is 1. The number of fused-ring (bicyclic) bond motifs is 1. The van der Waals surface area contributed by atoms with E-state index < -0.39 is 0 Å². The number of hydrogen-bond acceptors (Lipinski definition) is 7. The van der Waals surface area contributed by atoms with Gasteiger partial charge < -0.3 is 10.2 Å². The molecule has 4 aromatic heterocycles. The van der Waals surface area contributed by atoms with E-state index in [1.807, 2.05) is 57.0 Å². The third-order valence-corrected chi connectivity index (χ3v) is 6.59. The zero-order valence-corrected chi connectivity index (χ0v) is 20.9. The Kier molecular flexibility index (Phi) is 5.78. The van der Waals surface area contributed by atoms with Crippen molar-refractivity contribution in [2.45, 2.75) is 52.1 Å². The first-order valence-electron chi connectivity index (χ1n) is 12.0. The summed E-state index contributed by atoms with van der Waals surface area (Å²) in [6.07, 6.45) is 11.1. The highest BCUT2D eigenvalue weighted by Crippen LogP contribution is 2.31. The second kappa shape index (κ2) is 8.79. The van der Waals surface area contributed by atoms with Crippen LogP contribution in [-0.4, -0.2) is 64.4 Å². The van der Waals surface area contributed by atoms with Gasteiger partial charge in [-0.1, -0.05) is 5.21 Å². The van der Waals surface area contributed by atoms with Gasteiger partial charge in [-0.25, -0.2) is 14.2 Å². The predicted octanol–water partition coefficient (Wildman–Crippen LogP) is 2.51. The van der Waals surface area contributed by atoms with Crippen LogP contribution in [0.1, 0.15) is 51.0 Å². The molecule has 1 N–H and O–H groups in total. The van der Waals surface area contributed by atoms with Crippen LogP contribution in [0.4, 0.5) is 5.82 Å². The maximum absolute atomic E-state index is 12.6. The van der Waals surface area contributed by atoms with Crippen LogP contribution in [0.15, 0.2) is 37.1 Å². The Morgan fingerprint density at radius 1 is 1.20 bits per heavy atom. The fourth-order valence-corrected chi connectivity index (χ4v) is 4.61. The van der Waals surface area contributed by atoms with Crippen molar-refractivity contribution in [1.29, 1.82) is 0 Å². The lowest BCUT2D eigenvalue weighted by molar-refractivity contribution is 0.0938. The molecule has 11 nitrogen and oxygen atoms in total. The normalized spacial score (nSPS) is 18.8. The maximum atomic E-state index is 12.6. The molecule has 0 bridgehead atoms. The number of carbonyl (C=O) groups excluding carboxylic acids is 1. The zero-order valence-electron chi connectivity index (χ0n) is 20.9. The van der Waals surface area contributed by atoms with Crippen molar-refractivity contribution in [3.05, 3.63) is 42.7 Å². The number of anilines is 1. The van der Waals surface area contributed by atoms with Crippen LogP contribution >= 0.6 is 0 Å². The number of hydrogen-bond donors (Lipinski definition) is 1. The Bertz CT molecular complexity index is 1340. The van der Waals surface area contributed by atoms with Gasteiger partial charge >= 0.3 is 0 Å². The predicted molar refractivity (Wildman–Crippen MR) is 132 cm³/mol. The number of carbonyl (C=O) groups is 1. The lowest BCUT2D eigenvalue weighted by Gasteiger charge is -2.39. The number of aryl methyl sites for hydroxylation is 1. The van der Waals surface area contributed by atoms with Crippen LogP contribution in [0.5, 0.6) is 0 Å². The van der Waals surface area contributed by atoms with E-state index in [1.54, 1.807) is 21.8 Å². The SMILES string of the molecule is C[C@@H]1C[C@@H](CNC(=O)c2cn(C(C)(C)C)nn2)CCN1c1nc(-c2cnn(C)c2)cn2nccc12. The van der Waals surface area contributed by atoms with Crippen LogP contribution in [0.2, 0.25) is 0 Å². The lowest BCUT2D eigenvalue weighted by atomic mass is 9.91. The van der Waals surface area contributed by atoms with Crippen molar-refractivity contribution < 1.29 is 4.79 Å². The van der Waals surface area contributed by atoms with E-state index >= 15 is 0 Å². The topological polar surface area (TPSA) is 111 Å². The van der Waals surface area contributed by atoms with Gasteiger partial charge in [0, 0.05) is 37.9 Å². The molecule has 0 radical (unpaired) electrons. The Balaban J connectivity index is 1.27. The fourth-order valence-electron chi connectivity index (χ4n) is 4.61. The van der Waals surface area contributed by atoms with Gasteiger partial charge in [0.05, 0.1) is 36.0 Å². The highest BCUT2D eigenvalue weighted by molar-refractivity contribution is 5.91. The minimum Gasteiger partial charge on any atom is -0.352 e. The molecule has 0 aliphatic carbocycles. The molecular weight excluding hydrogens is 444 g/mol. The third-order valence-electron chi connectivity index (χ3n) is 6.59. The largest absolute Gasteiger partial charge is 0.352 e. The van der Waals surface area contributed by atoms with Crippen molar-refractivity contribution in [3.8, 4) is 11.3 Å². The Morgan fingerprint density at radius 2 is 2.03 bits per heavy atom.